The minimum absolute atomic E-state index is 0. The third-order valence-electron chi connectivity index (χ3n) is 4.56. The second kappa shape index (κ2) is 8.86. The number of halogens is 3. The number of likely N-dealkylation sites (tertiary alicyclic amines) is 1. The first-order chi connectivity index (χ1) is 10.4. The molecule has 2 rings (SSSR count). The average Bonchev–Trinajstić information content (AvgIpc) is 2.99. The van der Waals surface area contributed by atoms with Gasteiger partial charge in [-0.15, -0.1) is 0 Å². The Labute approximate surface area is 149 Å². The number of rotatable bonds is 5. The van der Waals surface area contributed by atoms with Crippen LogP contribution in [0.2, 0.25) is 5.02 Å². The van der Waals surface area contributed by atoms with Crippen molar-refractivity contribution in [2.45, 2.75) is 32.7 Å². The molecule has 0 aliphatic carbocycles. The third-order valence-corrected chi connectivity index (χ3v) is 4.85. The number of nitrogens with zero attached hydrogens (tertiary/aromatic N) is 1. The molecule has 1 heterocycles. The molecular formula is C17H25Cl2FN2O. The summed E-state index contributed by atoms with van der Waals surface area (Å²) in [6, 6.07) is 4.33. The van der Waals surface area contributed by atoms with Gasteiger partial charge in [0, 0.05) is 25.5 Å². The van der Waals surface area contributed by atoms with Gasteiger partial charge in [0.2, 0.25) is 0 Å². The van der Waals surface area contributed by atoms with E-state index < -0.39 is 5.82 Å². The predicted molar refractivity (Wildman–Crippen MR) is 86.9 cm³/mol. The fourth-order valence-electron chi connectivity index (χ4n) is 3.18. The summed E-state index contributed by atoms with van der Waals surface area (Å²) in [5.41, 5.74) is 0.441. The maximum Gasteiger partial charge on any atom is 0.254 e. The van der Waals surface area contributed by atoms with Gasteiger partial charge in [0.25, 0.3) is 5.91 Å². The van der Waals surface area contributed by atoms with Crippen molar-refractivity contribution < 1.29 is 26.5 Å². The number of benzene rings is 1. The molecule has 23 heavy (non-hydrogen) atoms. The maximum absolute atomic E-state index is 13.3. The number of amides is 1. The van der Waals surface area contributed by atoms with E-state index in [-0.39, 0.29) is 29.4 Å². The Hall–Kier alpha value is -0.840. The van der Waals surface area contributed by atoms with Gasteiger partial charge in [-0.1, -0.05) is 25.4 Å². The molecule has 1 saturated heterocycles. The van der Waals surface area contributed by atoms with Crippen LogP contribution in [0.25, 0.3) is 0 Å². The van der Waals surface area contributed by atoms with E-state index in [1.54, 1.807) is 9.80 Å². The Balaban J connectivity index is 0.00000264. The van der Waals surface area contributed by atoms with Crippen LogP contribution < -0.4 is 17.3 Å². The number of carbonyl (C=O) groups excluding carboxylic acids is 1. The molecule has 0 bridgehead atoms. The molecule has 1 aliphatic rings. The van der Waals surface area contributed by atoms with E-state index in [0.717, 1.165) is 6.54 Å². The molecule has 1 atom stereocenters. The monoisotopic (exact) mass is 362 g/mol. The quantitative estimate of drug-likeness (QED) is 0.733. The summed E-state index contributed by atoms with van der Waals surface area (Å²) in [6.45, 7) is 7.62. The van der Waals surface area contributed by atoms with Gasteiger partial charge in [-0.2, -0.15) is 0 Å². The first kappa shape index (κ1) is 20.2. The second-order valence-corrected chi connectivity index (χ2v) is 6.92. The minimum atomic E-state index is -0.497. The molecule has 1 aromatic rings. The van der Waals surface area contributed by atoms with E-state index >= 15 is 0 Å². The van der Waals surface area contributed by atoms with E-state index in [1.165, 1.54) is 44.1 Å². The molecule has 1 aromatic carbocycles. The predicted octanol–water partition coefficient (Wildman–Crippen LogP) is -0.742. The summed E-state index contributed by atoms with van der Waals surface area (Å²) in [7, 11) is 1.83. The van der Waals surface area contributed by atoms with Crippen molar-refractivity contribution in [2.75, 3.05) is 26.7 Å². The van der Waals surface area contributed by atoms with E-state index in [1.807, 2.05) is 7.05 Å². The zero-order valence-electron chi connectivity index (χ0n) is 13.9. The molecule has 0 spiro atoms. The Morgan fingerprint density at radius 1 is 1.35 bits per heavy atom. The molecule has 1 fully saturated rings. The topological polar surface area (TPSA) is 24.8 Å². The van der Waals surface area contributed by atoms with Crippen LogP contribution in [0.1, 0.15) is 37.0 Å². The first-order valence-corrected chi connectivity index (χ1v) is 8.33. The highest BCUT2D eigenvalue weighted by Crippen LogP contribution is 2.19. The molecule has 1 amide bonds. The lowest BCUT2D eigenvalue weighted by molar-refractivity contribution is -0.889. The van der Waals surface area contributed by atoms with Crippen LogP contribution in [0.3, 0.4) is 0 Å². The lowest BCUT2D eigenvalue weighted by atomic mass is 10.0. The van der Waals surface area contributed by atoms with Crippen molar-refractivity contribution in [3.63, 3.8) is 0 Å². The summed E-state index contributed by atoms with van der Waals surface area (Å²) in [4.78, 5) is 16.0. The van der Waals surface area contributed by atoms with Gasteiger partial charge in [-0.05, 0) is 24.1 Å². The summed E-state index contributed by atoms with van der Waals surface area (Å²) in [5.74, 6) is -0.222. The number of quaternary nitrogens is 1. The highest BCUT2D eigenvalue weighted by atomic mass is 35.5. The fourth-order valence-corrected chi connectivity index (χ4v) is 3.36. The standard InChI is InChI=1S/C17H24ClFN2O.ClH/c1-12(2)16(11-21-8-4-5-9-21)20(3)17(22)13-6-7-15(19)14(18)10-13;/h6-7,10,12,16H,4-5,8-9,11H2,1-3H3;1H/t16-;/m1./s1. The fraction of sp³-hybridized carbons (Fsp3) is 0.588. The molecule has 0 unspecified atom stereocenters. The molecule has 0 radical (unpaired) electrons. The Bertz CT molecular complexity index is 533. The van der Waals surface area contributed by atoms with E-state index in [2.05, 4.69) is 13.8 Å². The van der Waals surface area contributed by atoms with Gasteiger partial charge in [0.15, 0.2) is 0 Å². The zero-order valence-corrected chi connectivity index (χ0v) is 15.4. The van der Waals surface area contributed by atoms with Crippen LogP contribution >= 0.6 is 11.6 Å². The zero-order chi connectivity index (χ0) is 16.3. The number of carbonyl (C=O) groups is 1. The third kappa shape index (κ3) is 5.07. The SMILES string of the molecule is CC(C)[C@@H](C[NH+]1CCCC1)N(C)C(=O)c1ccc(F)c(Cl)c1.[Cl-]. The highest BCUT2D eigenvalue weighted by molar-refractivity contribution is 6.31. The molecule has 0 aromatic heterocycles. The molecule has 1 aliphatic heterocycles. The van der Waals surface area contributed by atoms with Gasteiger partial charge in [0.05, 0.1) is 30.7 Å². The first-order valence-electron chi connectivity index (χ1n) is 7.96. The number of likely N-dealkylation sites (N-methyl/N-ethyl adjacent to an activating group) is 1. The van der Waals surface area contributed by atoms with Gasteiger partial charge in [0.1, 0.15) is 5.82 Å². The van der Waals surface area contributed by atoms with Crippen molar-refractivity contribution >= 4 is 17.5 Å². The smallest absolute Gasteiger partial charge is 0.254 e. The Morgan fingerprint density at radius 2 is 1.96 bits per heavy atom. The lowest BCUT2D eigenvalue weighted by Gasteiger charge is -2.32. The van der Waals surface area contributed by atoms with Crippen LogP contribution in [0, 0.1) is 11.7 Å². The van der Waals surface area contributed by atoms with E-state index in [9.17, 15) is 9.18 Å². The van der Waals surface area contributed by atoms with Gasteiger partial charge >= 0.3 is 0 Å². The normalized spacial score (nSPS) is 16.3. The summed E-state index contributed by atoms with van der Waals surface area (Å²) in [6.07, 6.45) is 2.54. The van der Waals surface area contributed by atoms with E-state index in [0.29, 0.717) is 11.5 Å². The molecule has 0 saturated carbocycles. The lowest BCUT2D eigenvalue weighted by Crippen LogP contribution is -3.11. The van der Waals surface area contributed by atoms with E-state index in [4.69, 9.17) is 11.6 Å². The van der Waals surface area contributed by atoms with Gasteiger partial charge in [-0.3, -0.25) is 4.79 Å². The maximum atomic E-state index is 13.3. The van der Waals surface area contributed by atoms with Crippen molar-refractivity contribution in [1.29, 1.82) is 0 Å². The molecule has 1 N–H and O–H groups in total. The minimum Gasteiger partial charge on any atom is -1.00 e. The highest BCUT2D eigenvalue weighted by Gasteiger charge is 2.29. The number of hydrogen-bond acceptors (Lipinski definition) is 1. The van der Waals surface area contributed by atoms with Crippen LogP contribution in [0.5, 0.6) is 0 Å². The Morgan fingerprint density at radius 3 is 2.48 bits per heavy atom. The van der Waals surface area contributed by atoms with Gasteiger partial charge < -0.3 is 22.2 Å². The second-order valence-electron chi connectivity index (χ2n) is 6.52. The van der Waals surface area contributed by atoms with Crippen molar-refractivity contribution in [1.82, 2.24) is 4.90 Å². The molecular weight excluding hydrogens is 338 g/mol. The number of hydrogen-bond donors (Lipinski definition) is 1. The van der Waals surface area contributed by atoms with Crippen LogP contribution in [-0.4, -0.2) is 43.5 Å². The van der Waals surface area contributed by atoms with Crippen molar-refractivity contribution in [3.05, 3.63) is 34.6 Å². The Kier molecular flexibility index (Phi) is 7.78. The van der Waals surface area contributed by atoms with Crippen molar-refractivity contribution in [3.8, 4) is 0 Å². The molecule has 130 valence electrons. The van der Waals surface area contributed by atoms with Gasteiger partial charge in [-0.25, -0.2) is 4.39 Å². The summed E-state index contributed by atoms with van der Waals surface area (Å²) in [5, 5.41) is -0.00878. The molecule has 6 heteroatoms. The van der Waals surface area contributed by atoms with Crippen LogP contribution in [-0.2, 0) is 0 Å². The summed E-state index contributed by atoms with van der Waals surface area (Å²) >= 11 is 5.79. The summed E-state index contributed by atoms with van der Waals surface area (Å²) < 4.78 is 13.3. The average molecular weight is 363 g/mol. The number of nitrogens with one attached hydrogen (secondary N) is 1. The van der Waals surface area contributed by atoms with Crippen LogP contribution in [0.15, 0.2) is 18.2 Å². The van der Waals surface area contributed by atoms with Crippen molar-refractivity contribution in [2.24, 2.45) is 5.92 Å². The largest absolute Gasteiger partial charge is 1.00 e. The van der Waals surface area contributed by atoms with Crippen LogP contribution in [0.4, 0.5) is 4.39 Å². The molecule has 3 nitrogen and oxygen atoms in total.